The monoisotopic (exact) mass is 533 g/mol. The molecule has 38 heavy (non-hydrogen) atoms. The summed E-state index contributed by atoms with van der Waals surface area (Å²) in [5, 5.41) is 5.29. The van der Waals surface area contributed by atoms with Crippen molar-refractivity contribution < 1.29 is 28.7 Å². The molecule has 1 heterocycles. The number of benzene rings is 3. The van der Waals surface area contributed by atoms with Crippen LogP contribution in [0.4, 0.5) is 16.2 Å². The summed E-state index contributed by atoms with van der Waals surface area (Å²) in [6.07, 6.45) is 1.27. The van der Waals surface area contributed by atoms with E-state index >= 15 is 0 Å². The van der Waals surface area contributed by atoms with Crippen molar-refractivity contribution in [2.24, 2.45) is 0 Å². The van der Waals surface area contributed by atoms with Crippen LogP contribution in [0.1, 0.15) is 16.7 Å². The van der Waals surface area contributed by atoms with Gasteiger partial charge in [0.1, 0.15) is 17.1 Å². The van der Waals surface area contributed by atoms with Crippen LogP contribution in [0.5, 0.6) is 11.5 Å². The SMILES string of the molecule is COc1ccc(N2C(=O)NC(=O)/C(=C\c3cc(Cl)ccc3OCC(=O)Nc3cc(C)ccc3C)C2=O)cc1. The number of ether oxygens (including phenoxy) is 2. The third kappa shape index (κ3) is 5.84. The van der Waals surface area contributed by atoms with Gasteiger partial charge in [0.05, 0.1) is 12.8 Å². The molecule has 194 valence electrons. The lowest BCUT2D eigenvalue weighted by atomic mass is 10.1. The number of anilines is 2. The predicted molar refractivity (Wildman–Crippen MR) is 143 cm³/mol. The minimum atomic E-state index is -0.881. The average molecular weight is 534 g/mol. The highest BCUT2D eigenvalue weighted by Crippen LogP contribution is 2.29. The van der Waals surface area contributed by atoms with Crippen LogP contribution in [0.3, 0.4) is 0 Å². The Morgan fingerprint density at radius 1 is 1.03 bits per heavy atom. The van der Waals surface area contributed by atoms with Gasteiger partial charge in [-0.2, -0.15) is 0 Å². The third-order valence-electron chi connectivity index (χ3n) is 5.73. The Morgan fingerprint density at radius 3 is 2.47 bits per heavy atom. The van der Waals surface area contributed by atoms with E-state index in [2.05, 4.69) is 10.6 Å². The number of nitrogens with one attached hydrogen (secondary N) is 2. The quantitative estimate of drug-likeness (QED) is 0.337. The molecule has 0 spiro atoms. The summed E-state index contributed by atoms with van der Waals surface area (Å²) in [7, 11) is 1.49. The first-order valence-electron chi connectivity index (χ1n) is 11.5. The number of halogens is 1. The van der Waals surface area contributed by atoms with Gasteiger partial charge in [-0.15, -0.1) is 0 Å². The van der Waals surface area contributed by atoms with Gasteiger partial charge < -0.3 is 14.8 Å². The lowest BCUT2D eigenvalue weighted by molar-refractivity contribution is -0.122. The second-order valence-electron chi connectivity index (χ2n) is 8.49. The lowest BCUT2D eigenvalue weighted by Gasteiger charge is -2.26. The second kappa shape index (κ2) is 11.2. The summed E-state index contributed by atoms with van der Waals surface area (Å²) < 4.78 is 10.8. The number of imide groups is 2. The molecule has 9 nitrogen and oxygen atoms in total. The maximum atomic E-state index is 13.2. The van der Waals surface area contributed by atoms with Crippen molar-refractivity contribution in [1.29, 1.82) is 0 Å². The van der Waals surface area contributed by atoms with Gasteiger partial charge in [-0.25, -0.2) is 9.69 Å². The molecule has 0 aromatic heterocycles. The summed E-state index contributed by atoms with van der Waals surface area (Å²) in [6.45, 7) is 3.47. The van der Waals surface area contributed by atoms with Crippen LogP contribution in [0.15, 0.2) is 66.2 Å². The molecular formula is C28H24ClN3O6. The summed E-state index contributed by atoms with van der Waals surface area (Å²) in [5.41, 5.74) is 2.78. The number of rotatable bonds is 7. The van der Waals surface area contributed by atoms with Crippen molar-refractivity contribution in [2.45, 2.75) is 13.8 Å². The Hall–Kier alpha value is -4.63. The molecule has 5 amide bonds. The Balaban J connectivity index is 1.58. The van der Waals surface area contributed by atoms with Crippen LogP contribution < -0.4 is 25.0 Å². The third-order valence-corrected chi connectivity index (χ3v) is 5.96. The molecule has 0 aliphatic carbocycles. The molecule has 10 heteroatoms. The zero-order valence-corrected chi connectivity index (χ0v) is 21.6. The maximum absolute atomic E-state index is 13.2. The van der Waals surface area contributed by atoms with Crippen molar-refractivity contribution in [1.82, 2.24) is 5.32 Å². The maximum Gasteiger partial charge on any atom is 0.335 e. The molecular weight excluding hydrogens is 510 g/mol. The van der Waals surface area contributed by atoms with Gasteiger partial charge in [0, 0.05) is 16.3 Å². The van der Waals surface area contributed by atoms with Crippen LogP contribution >= 0.6 is 11.6 Å². The van der Waals surface area contributed by atoms with Crippen molar-refractivity contribution in [2.75, 3.05) is 23.9 Å². The highest BCUT2D eigenvalue weighted by Gasteiger charge is 2.37. The molecule has 1 saturated heterocycles. The van der Waals surface area contributed by atoms with E-state index in [1.165, 1.54) is 37.5 Å². The largest absolute Gasteiger partial charge is 0.497 e. The number of hydrogen-bond donors (Lipinski definition) is 2. The first-order valence-corrected chi connectivity index (χ1v) is 11.9. The Labute approximate surface area is 224 Å². The van der Waals surface area contributed by atoms with E-state index in [1.54, 1.807) is 18.2 Å². The van der Waals surface area contributed by atoms with Gasteiger partial charge in [0.2, 0.25) is 0 Å². The standard InChI is InChI=1S/C28H24ClN3O6/c1-16-4-5-17(2)23(12-16)30-25(33)15-38-24-11-6-19(29)13-18(24)14-22-26(34)31-28(36)32(27(22)35)20-7-9-21(37-3)10-8-20/h4-14H,15H2,1-3H3,(H,30,33)(H,31,34,36)/b22-14+. The number of hydrogen-bond acceptors (Lipinski definition) is 6. The summed E-state index contributed by atoms with van der Waals surface area (Å²) >= 11 is 6.16. The molecule has 3 aromatic carbocycles. The summed E-state index contributed by atoms with van der Waals surface area (Å²) in [6, 6.07) is 15.6. The second-order valence-corrected chi connectivity index (χ2v) is 8.93. The molecule has 2 N–H and O–H groups in total. The fraction of sp³-hybridized carbons (Fsp3) is 0.143. The van der Waals surface area contributed by atoms with E-state index in [-0.39, 0.29) is 29.2 Å². The fourth-order valence-corrected chi connectivity index (χ4v) is 3.92. The number of carbonyl (C=O) groups is 4. The van der Waals surface area contributed by atoms with Gasteiger partial charge in [-0.05, 0) is 79.6 Å². The highest BCUT2D eigenvalue weighted by atomic mass is 35.5. The van der Waals surface area contributed by atoms with Gasteiger partial charge in [0.15, 0.2) is 6.61 Å². The van der Waals surface area contributed by atoms with Crippen molar-refractivity contribution >= 4 is 52.8 Å². The molecule has 3 aromatic rings. The first-order chi connectivity index (χ1) is 18.2. The number of aryl methyl sites for hydroxylation is 2. The predicted octanol–water partition coefficient (Wildman–Crippen LogP) is 4.65. The van der Waals surface area contributed by atoms with Crippen molar-refractivity contribution in [3.63, 3.8) is 0 Å². The minimum Gasteiger partial charge on any atom is -0.497 e. The molecule has 1 fully saturated rings. The first kappa shape index (κ1) is 26.4. The van der Waals surface area contributed by atoms with E-state index in [1.807, 2.05) is 32.0 Å². The normalized spacial score (nSPS) is 14.4. The molecule has 0 saturated carbocycles. The van der Waals surface area contributed by atoms with Crippen molar-refractivity contribution in [3.05, 3.63) is 87.9 Å². The van der Waals surface area contributed by atoms with Crippen LogP contribution in [0, 0.1) is 13.8 Å². The van der Waals surface area contributed by atoms with Gasteiger partial charge in [-0.1, -0.05) is 23.7 Å². The zero-order valence-electron chi connectivity index (χ0n) is 20.8. The van der Waals surface area contributed by atoms with Gasteiger partial charge >= 0.3 is 6.03 Å². The molecule has 1 aliphatic rings. The molecule has 0 bridgehead atoms. The lowest BCUT2D eigenvalue weighted by Crippen LogP contribution is -2.54. The van der Waals surface area contributed by atoms with E-state index in [4.69, 9.17) is 21.1 Å². The van der Waals surface area contributed by atoms with Crippen LogP contribution in [-0.4, -0.2) is 37.5 Å². The van der Waals surface area contributed by atoms with Crippen LogP contribution in [0.25, 0.3) is 6.08 Å². The minimum absolute atomic E-state index is 0.214. The Morgan fingerprint density at radius 2 is 1.76 bits per heavy atom. The molecule has 0 radical (unpaired) electrons. The van der Waals surface area contributed by atoms with Crippen LogP contribution in [0.2, 0.25) is 5.02 Å². The van der Waals surface area contributed by atoms with Gasteiger partial charge in [-0.3, -0.25) is 19.7 Å². The van der Waals surface area contributed by atoms with Gasteiger partial charge in [0.25, 0.3) is 17.7 Å². The molecule has 0 unspecified atom stereocenters. The number of nitrogens with zero attached hydrogens (tertiary/aromatic N) is 1. The summed E-state index contributed by atoms with van der Waals surface area (Å²) in [5.74, 6) is -1.35. The number of methoxy groups -OCH3 is 1. The molecule has 0 atom stereocenters. The smallest absolute Gasteiger partial charge is 0.335 e. The van der Waals surface area contributed by atoms with E-state index in [9.17, 15) is 19.2 Å². The number of barbiturate groups is 1. The van der Waals surface area contributed by atoms with E-state index < -0.39 is 23.8 Å². The Bertz CT molecular complexity index is 1470. The van der Waals surface area contributed by atoms with Crippen LogP contribution in [-0.2, 0) is 14.4 Å². The number of urea groups is 1. The fourth-order valence-electron chi connectivity index (χ4n) is 3.74. The molecule has 1 aliphatic heterocycles. The van der Waals surface area contributed by atoms with E-state index in [0.717, 1.165) is 16.0 Å². The number of amides is 5. The highest BCUT2D eigenvalue weighted by molar-refractivity contribution is 6.39. The Kier molecular flexibility index (Phi) is 7.78. The topological polar surface area (TPSA) is 114 Å². The number of carbonyl (C=O) groups excluding carboxylic acids is 4. The average Bonchev–Trinajstić information content (AvgIpc) is 2.88. The van der Waals surface area contributed by atoms with Crippen molar-refractivity contribution in [3.8, 4) is 11.5 Å². The summed E-state index contributed by atoms with van der Waals surface area (Å²) in [4.78, 5) is 51.7. The molecule has 4 rings (SSSR count). The van der Waals surface area contributed by atoms with E-state index in [0.29, 0.717) is 16.5 Å². The zero-order chi connectivity index (χ0) is 27.4.